The van der Waals surface area contributed by atoms with Gasteiger partial charge in [0, 0.05) is 22.8 Å². The Labute approximate surface area is 182 Å². The molecule has 1 aromatic heterocycles. The molecule has 3 aromatic carbocycles. The van der Waals surface area contributed by atoms with E-state index in [0.717, 1.165) is 6.07 Å². The number of carbonyl (C=O) groups is 2. The summed E-state index contributed by atoms with van der Waals surface area (Å²) in [6.45, 7) is -0.177. The third kappa shape index (κ3) is 4.27. The summed E-state index contributed by atoms with van der Waals surface area (Å²) in [7, 11) is 1.55. The number of ether oxygens (including phenoxy) is 1. The van der Waals surface area contributed by atoms with Crippen LogP contribution >= 0.6 is 0 Å². The van der Waals surface area contributed by atoms with E-state index in [1.165, 1.54) is 22.9 Å². The highest BCUT2D eigenvalue weighted by Crippen LogP contribution is 2.18. The maximum absolute atomic E-state index is 13.9. The van der Waals surface area contributed by atoms with Crippen molar-refractivity contribution < 1.29 is 18.7 Å². The third-order valence-electron chi connectivity index (χ3n) is 5.01. The Morgan fingerprint density at radius 2 is 1.72 bits per heavy atom. The largest absolute Gasteiger partial charge is 0.497 e. The van der Waals surface area contributed by atoms with Crippen LogP contribution in [0.15, 0.2) is 83.8 Å². The van der Waals surface area contributed by atoms with Gasteiger partial charge in [0.1, 0.15) is 18.1 Å². The van der Waals surface area contributed by atoms with E-state index in [0.29, 0.717) is 22.5 Å². The quantitative estimate of drug-likeness (QED) is 0.469. The number of hydrogen-bond donors (Lipinski definition) is 1. The lowest BCUT2D eigenvalue weighted by molar-refractivity contribution is -0.116. The van der Waals surface area contributed by atoms with Gasteiger partial charge >= 0.3 is 0 Å². The van der Waals surface area contributed by atoms with Crippen molar-refractivity contribution in [3.8, 4) is 5.75 Å². The molecule has 7 heteroatoms. The second-order valence-electron chi connectivity index (χ2n) is 7.13. The first-order chi connectivity index (χ1) is 15.5. The number of halogens is 1. The molecular formula is C25H19FN2O4. The number of fused-ring (bicyclic) bond motifs is 1. The van der Waals surface area contributed by atoms with Crippen molar-refractivity contribution in [2.75, 3.05) is 12.4 Å². The highest BCUT2D eigenvalue weighted by molar-refractivity contribution is 6.10. The normalized spacial score (nSPS) is 10.7. The molecule has 32 heavy (non-hydrogen) atoms. The molecule has 0 spiro atoms. The molecule has 0 bridgehead atoms. The molecule has 0 saturated heterocycles. The average molecular weight is 430 g/mol. The lowest BCUT2D eigenvalue weighted by Crippen LogP contribution is -2.24. The smallest absolute Gasteiger partial charge is 0.244 e. The van der Waals surface area contributed by atoms with E-state index in [1.54, 1.807) is 61.7 Å². The Balaban J connectivity index is 1.72. The van der Waals surface area contributed by atoms with Gasteiger partial charge in [-0.15, -0.1) is 0 Å². The van der Waals surface area contributed by atoms with Gasteiger partial charge in [0.2, 0.25) is 11.3 Å². The molecule has 160 valence electrons. The first-order valence-electron chi connectivity index (χ1n) is 9.82. The van der Waals surface area contributed by atoms with Crippen molar-refractivity contribution in [3.05, 3.63) is 106 Å². The number of hydrogen-bond acceptors (Lipinski definition) is 4. The maximum Gasteiger partial charge on any atom is 0.244 e. The molecule has 0 radical (unpaired) electrons. The van der Waals surface area contributed by atoms with Gasteiger partial charge in [-0.1, -0.05) is 30.3 Å². The zero-order valence-corrected chi connectivity index (χ0v) is 17.2. The van der Waals surface area contributed by atoms with E-state index < -0.39 is 17.0 Å². The number of pyridine rings is 1. The molecule has 0 atom stereocenters. The van der Waals surface area contributed by atoms with Gasteiger partial charge in [0.25, 0.3) is 0 Å². The molecule has 1 heterocycles. The number of rotatable bonds is 6. The van der Waals surface area contributed by atoms with E-state index in [1.807, 2.05) is 0 Å². The Bertz CT molecular complexity index is 1360. The predicted molar refractivity (Wildman–Crippen MR) is 120 cm³/mol. The number of aromatic nitrogens is 1. The summed E-state index contributed by atoms with van der Waals surface area (Å²) in [4.78, 5) is 38.6. The molecule has 4 rings (SSSR count). The van der Waals surface area contributed by atoms with Crippen LogP contribution in [0.25, 0.3) is 10.9 Å². The number of carbonyl (C=O) groups excluding carboxylic acids is 2. The van der Waals surface area contributed by atoms with Crippen LogP contribution in [0.3, 0.4) is 0 Å². The molecular weight excluding hydrogens is 411 g/mol. The number of methoxy groups -OCH3 is 1. The van der Waals surface area contributed by atoms with Gasteiger partial charge in [-0.05, 0) is 42.5 Å². The van der Waals surface area contributed by atoms with Crippen molar-refractivity contribution in [2.45, 2.75) is 6.54 Å². The number of anilines is 1. The molecule has 1 N–H and O–H groups in total. The zero-order valence-electron chi connectivity index (χ0n) is 17.2. The minimum Gasteiger partial charge on any atom is -0.497 e. The molecule has 0 aliphatic rings. The van der Waals surface area contributed by atoms with E-state index in [2.05, 4.69) is 5.32 Å². The number of nitrogens with one attached hydrogen (secondary N) is 1. The van der Waals surface area contributed by atoms with Crippen molar-refractivity contribution in [2.24, 2.45) is 0 Å². The summed E-state index contributed by atoms with van der Waals surface area (Å²) in [6.07, 6.45) is 1.35. The van der Waals surface area contributed by atoms with Crippen LogP contribution in [0.5, 0.6) is 5.75 Å². The minimum absolute atomic E-state index is 0.0315. The summed E-state index contributed by atoms with van der Waals surface area (Å²) < 4.78 is 20.5. The lowest BCUT2D eigenvalue weighted by atomic mass is 10.0. The highest BCUT2D eigenvalue weighted by Gasteiger charge is 2.18. The molecule has 6 nitrogen and oxygen atoms in total. The van der Waals surface area contributed by atoms with Gasteiger partial charge < -0.3 is 14.6 Å². The van der Waals surface area contributed by atoms with Gasteiger partial charge in [-0.2, -0.15) is 0 Å². The van der Waals surface area contributed by atoms with Crippen molar-refractivity contribution in [1.82, 2.24) is 4.57 Å². The summed E-state index contributed by atoms with van der Waals surface area (Å²) in [5, 5.41) is 2.79. The number of amides is 1. The zero-order chi connectivity index (χ0) is 22.7. The lowest BCUT2D eigenvalue weighted by Gasteiger charge is -2.14. The first kappa shape index (κ1) is 21.0. The van der Waals surface area contributed by atoms with Gasteiger partial charge in [-0.3, -0.25) is 14.4 Å². The summed E-state index contributed by atoms with van der Waals surface area (Å²) >= 11 is 0. The topological polar surface area (TPSA) is 77.4 Å². The van der Waals surface area contributed by atoms with Crippen LogP contribution in [0, 0.1) is 5.82 Å². The second-order valence-corrected chi connectivity index (χ2v) is 7.13. The predicted octanol–water partition coefficient (Wildman–Crippen LogP) is 4.02. The second kappa shape index (κ2) is 8.85. The average Bonchev–Trinajstić information content (AvgIpc) is 2.81. The number of nitrogens with zero attached hydrogens (tertiary/aromatic N) is 1. The summed E-state index contributed by atoms with van der Waals surface area (Å²) in [5.74, 6) is -0.817. The SMILES string of the molecule is COc1ccc(NC(=O)Cn2cc(C(=O)c3ccccc3)c(=O)c3cc(F)ccc32)cc1. The van der Waals surface area contributed by atoms with Crippen molar-refractivity contribution in [1.29, 1.82) is 0 Å². The fraction of sp³-hybridized carbons (Fsp3) is 0.0800. The van der Waals surface area contributed by atoms with Gasteiger partial charge in [0.15, 0.2) is 5.78 Å². The fourth-order valence-corrected chi connectivity index (χ4v) is 3.44. The molecule has 1 amide bonds. The molecule has 0 fully saturated rings. The third-order valence-corrected chi connectivity index (χ3v) is 5.01. The molecule has 4 aromatic rings. The van der Waals surface area contributed by atoms with Crippen LogP contribution in [0.4, 0.5) is 10.1 Å². The van der Waals surface area contributed by atoms with Crippen LogP contribution in [-0.4, -0.2) is 23.4 Å². The Morgan fingerprint density at radius 1 is 1.00 bits per heavy atom. The van der Waals surface area contributed by atoms with Crippen LogP contribution in [-0.2, 0) is 11.3 Å². The summed E-state index contributed by atoms with van der Waals surface area (Å²) in [5.41, 5.74) is 0.528. The van der Waals surface area contributed by atoms with Gasteiger partial charge in [0.05, 0.1) is 18.2 Å². The number of benzene rings is 3. The first-order valence-corrected chi connectivity index (χ1v) is 9.82. The van der Waals surface area contributed by atoms with E-state index in [9.17, 15) is 18.8 Å². The Hall–Kier alpha value is -4.26. The standard InChI is InChI=1S/C25H19FN2O4/c1-32-19-10-8-18(9-11-19)27-23(29)15-28-14-21(24(30)16-5-3-2-4-6-16)25(31)20-13-17(26)7-12-22(20)28/h2-14H,15H2,1H3,(H,27,29). The van der Waals surface area contributed by atoms with Crippen molar-refractivity contribution >= 4 is 28.3 Å². The Morgan fingerprint density at radius 3 is 2.41 bits per heavy atom. The molecule has 0 aliphatic heterocycles. The van der Waals surface area contributed by atoms with Gasteiger partial charge in [-0.25, -0.2) is 4.39 Å². The van der Waals surface area contributed by atoms with Crippen LogP contribution in [0.2, 0.25) is 0 Å². The molecule has 0 saturated carbocycles. The maximum atomic E-state index is 13.9. The molecule has 0 aliphatic carbocycles. The monoisotopic (exact) mass is 430 g/mol. The van der Waals surface area contributed by atoms with E-state index in [-0.39, 0.29) is 23.4 Å². The number of ketones is 1. The minimum atomic E-state index is -0.604. The van der Waals surface area contributed by atoms with E-state index >= 15 is 0 Å². The Kier molecular flexibility index (Phi) is 5.81. The van der Waals surface area contributed by atoms with Crippen LogP contribution in [0.1, 0.15) is 15.9 Å². The fourth-order valence-electron chi connectivity index (χ4n) is 3.44. The summed E-state index contributed by atoms with van der Waals surface area (Å²) in [6, 6.07) is 18.8. The molecule has 0 unspecified atom stereocenters. The van der Waals surface area contributed by atoms with Crippen molar-refractivity contribution in [3.63, 3.8) is 0 Å². The van der Waals surface area contributed by atoms with Crippen LogP contribution < -0.4 is 15.5 Å². The van der Waals surface area contributed by atoms with E-state index in [4.69, 9.17) is 4.74 Å². The highest BCUT2D eigenvalue weighted by atomic mass is 19.1.